The zero-order valence-electron chi connectivity index (χ0n) is 17.9. The van der Waals surface area contributed by atoms with E-state index in [0.29, 0.717) is 10.8 Å². The third kappa shape index (κ3) is 2.98. The van der Waals surface area contributed by atoms with Gasteiger partial charge in [-0.15, -0.1) is 5.10 Å². The van der Waals surface area contributed by atoms with Gasteiger partial charge in [0.05, 0.1) is 18.0 Å². The molecule has 0 unspecified atom stereocenters. The summed E-state index contributed by atoms with van der Waals surface area (Å²) in [6, 6.07) is 16.5. The molecular formula is C24H23N5O2S. The average Bonchev–Trinajstić information content (AvgIpc) is 3.45. The fourth-order valence-corrected chi connectivity index (χ4v) is 5.94. The molecular weight excluding hydrogens is 422 g/mol. The van der Waals surface area contributed by atoms with E-state index in [-0.39, 0.29) is 11.9 Å². The first-order valence-electron chi connectivity index (χ1n) is 10.6. The van der Waals surface area contributed by atoms with Crippen molar-refractivity contribution in [2.75, 3.05) is 13.7 Å². The lowest BCUT2D eigenvalue weighted by molar-refractivity contribution is 0.203. The number of fused-ring (bicyclic) bond motifs is 4. The highest BCUT2D eigenvalue weighted by Gasteiger charge is 2.32. The van der Waals surface area contributed by atoms with Crippen LogP contribution in [0.3, 0.4) is 0 Å². The number of aromatic amines is 1. The Labute approximate surface area is 188 Å². The number of hydrogen-bond acceptors (Lipinski definition) is 6. The molecule has 2 N–H and O–H groups in total. The Kier molecular flexibility index (Phi) is 4.44. The van der Waals surface area contributed by atoms with E-state index in [1.807, 2.05) is 31.2 Å². The highest BCUT2D eigenvalue weighted by molar-refractivity contribution is 7.17. The number of nitrogens with one attached hydrogen (secondary N) is 1. The first-order chi connectivity index (χ1) is 15.6. The zero-order chi connectivity index (χ0) is 21.8. The fraction of sp³-hybridized carbons (Fsp3) is 0.250. The van der Waals surface area contributed by atoms with Gasteiger partial charge in [0.25, 0.3) is 0 Å². The number of H-pyrrole nitrogens is 1. The number of methoxy groups -OCH3 is 1. The van der Waals surface area contributed by atoms with Gasteiger partial charge in [-0.2, -0.15) is 4.52 Å². The molecule has 0 saturated carbocycles. The highest BCUT2D eigenvalue weighted by atomic mass is 32.1. The van der Waals surface area contributed by atoms with E-state index in [2.05, 4.69) is 44.2 Å². The van der Waals surface area contributed by atoms with E-state index in [1.54, 1.807) is 11.6 Å². The van der Waals surface area contributed by atoms with Crippen LogP contribution in [0.4, 0.5) is 0 Å². The topological polar surface area (TPSA) is 78.7 Å². The maximum absolute atomic E-state index is 11.1. The smallest absolute Gasteiger partial charge is 0.230 e. The lowest BCUT2D eigenvalue weighted by atomic mass is 9.98. The summed E-state index contributed by atoms with van der Waals surface area (Å²) in [7, 11) is 1.70. The zero-order valence-corrected chi connectivity index (χ0v) is 18.7. The monoisotopic (exact) mass is 445 g/mol. The number of thiazole rings is 1. The third-order valence-electron chi connectivity index (χ3n) is 6.25. The SMILES string of the molecule is COc1ccc2[nH]c3c(c2c1)CCN([C@H](c1ccccc1)c1sc2nc(C)nn2c1O)C3. The van der Waals surface area contributed by atoms with Gasteiger partial charge < -0.3 is 14.8 Å². The van der Waals surface area contributed by atoms with Crippen LogP contribution in [0.5, 0.6) is 11.6 Å². The highest BCUT2D eigenvalue weighted by Crippen LogP contribution is 2.42. The summed E-state index contributed by atoms with van der Waals surface area (Å²) in [6.07, 6.45) is 0.923. The molecule has 3 aromatic heterocycles. The van der Waals surface area contributed by atoms with Gasteiger partial charge in [0.1, 0.15) is 11.6 Å². The summed E-state index contributed by atoms with van der Waals surface area (Å²) in [4.78, 5) is 12.1. The number of hydrogen-bond donors (Lipinski definition) is 2. The summed E-state index contributed by atoms with van der Waals surface area (Å²) < 4.78 is 6.99. The normalized spacial score (nSPS) is 15.3. The Bertz CT molecular complexity index is 1440. The van der Waals surface area contributed by atoms with Gasteiger partial charge in [-0.05, 0) is 42.7 Å². The number of aromatic hydroxyl groups is 1. The molecule has 32 heavy (non-hydrogen) atoms. The first-order valence-corrected chi connectivity index (χ1v) is 11.5. The fourth-order valence-electron chi connectivity index (χ4n) is 4.78. The van der Waals surface area contributed by atoms with Gasteiger partial charge in [0.15, 0.2) is 0 Å². The van der Waals surface area contributed by atoms with E-state index in [0.717, 1.165) is 41.2 Å². The summed E-state index contributed by atoms with van der Waals surface area (Å²) in [6.45, 7) is 3.48. The van der Waals surface area contributed by atoms with Gasteiger partial charge in [-0.25, -0.2) is 4.98 Å². The van der Waals surface area contributed by atoms with Crippen molar-refractivity contribution in [1.82, 2.24) is 24.5 Å². The molecule has 0 aliphatic carbocycles. The van der Waals surface area contributed by atoms with E-state index < -0.39 is 0 Å². The van der Waals surface area contributed by atoms with Crippen LogP contribution >= 0.6 is 11.3 Å². The molecule has 0 saturated heterocycles. The quantitative estimate of drug-likeness (QED) is 0.428. The summed E-state index contributed by atoms with van der Waals surface area (Å²) >= 11 is 1.50. The maximum Gasteiger partial charge on any atom is 0.230 e. The predicted molar refractivity (Wildman–Crippen MR) is 125 cm³/mol. The lowest BCUT2D eigenvalue weighted by Gasteiger charge is -2.34. The second-order valence-electron chi connectivity index (χ2n) is 8.17. The van der Waals surface area contributed by atoms with Crippen LogP contribution in [-0.2, 0) is 13.0 Å². The first kappa shape index (κ1) is 19.3. The van der Waals surface area contributed by atoms with Crippen molar-refractivity contribution in [2.24, 2.45) is 0 Å². The summed E-state index contributed by atoms with van der Waals surface area (Å²) in [5, 5.41) is 16.6. The Balaban J connectivity index is 1.44. The Hall–Kier alpha value is -3.36. The van der Waals surface area contributed by atoms with Crippen molar-refractivity contribution in [1.29, 1.82) is 0 Å². The number of ether oxygens (including phenoxy) is 1. The van der Waals surface area contributed by atoms with Crippen molar-refractivity contribution in [2.45, 2.75) is 25.9 Å². The number of rotatable bonds is 4. The van der Waals surface area contributed by atoms with Gasteiger partial charge in [-0.1, -0.05) is 41.7 Å². The summed E-state index contributed by atoms with van der Waals surface area (Å²) in [5.74, 6) is 1.70. The van der Waals surface area contributed by atoms with Gasteiger partial charge in [-0.3, -0.25) is 4.90 Å². The molecule has 0 fully saturated rings. The molecule has 7 nitrogen and oxygen atoms in total. The van der Waals surface area contributed by atoms with E-state index in [4.69, 9.17) is 4.74 Å². The molecule has 0 bridgehead atoms. The van der Waals surface area contributed by atoms with Gasteiger partial charge in [0.2, 0.25) is 10.8 Å². The molecule has 2 aromatic carbocycles. The van der Waals surface area contributed by atoms with Crippen LogP contribution in [0, 0.1) is 6.92 Å². The van der Waals surface area contributed by atoms with E-state index in [9.17, 15) is 5.11 Å². The Morgan fingerprint density at radius 3 is 2.81 bits per heavy atom. The van der Waals surface area contributed by atoms with E-state index >= 15 is 0 Å². The molecule has 4 heterocycles. The van der Waals surface area contributed by atoms with Crippen molar-refractivity contribution in [3.8, 4) is 11.6 Å². The molecule has 0 radical (unpaired) electrons. The number of aryl methyl sites for hydroxylation is 1. The molecule has 1 aliphatic rings. The molecule has 6 rings (SSSR count). The predicted octanol–water partition coefficient (Wildman–Crippen LogP) is 4.44. The van der Waals surface area contributed by atoms with Crippen molar-refractivity contribution in [3.63, 3.8) is 0 Å². The number of aromatic nitrogens is 4. The minimum Gasteiger partial charge on any atom is -0.497 e. The van der Waals surface area contributed by atoms with E-state index in [1.165, 1.54) is 28.0 Å². The average molecular weight is 446 g/mol. The minimum atomic E-state index is -0.0842. The molecule has 1 aliphatic heterocycles. The molecule has 0 amide bonds. The third-order valence-corrected chi connectivity index (χ3v) is 7.32. The van der Waals surface area contributed by atoms with Crippen LogP contribution in [-0.4, -0.2) is 43.2 Å². The number of nitrogens with zero attached hydrogens (tertiary/aromatic N) is 4. The second kappa shape index (κ2) is 7.36. The molecule has 1 atom stereocenters. The Morgan fingerprint density at radius 2 is 2.03 bits per heavy atom. The largest absolute Gasteiger partial charge is 0.497 e. The molecule has 162 valence electrons. The van der Waals surface area contributed by atoms with Crippen molar-refractivity contribution >= 4 is 27.2 Å². The van der Waals surface area contributed by atoms with Crippen LogP contribution in [0.25, 0.3) is 15.9 Å². The molecule has 5 aromatic rings. The molecule has 0 spiro atoms. The van der Waals surface area contributed by atoms with Gasteiger partial charge in [0, 0.05) is 29.7 Å². The number of benzene rings is 2. The van der Waals surface area contributed by atoms with Crippen LogP contribution in [0.2, 0.25) is 0 Å². The van der Waals surface area contributed by atoms with Crippen molar-refractivity contribution in [3.05, 3.63) is 76.1 Å². The standard InChI is InChI=1S/C24H23N5O2S/c1-14-25-24-29(27-14)23(30)22(32-24)21(15-6-4-3-5-7-15)28-11-10-17-18-12-16(31-2)8-9-19(18)26-20(17)13-28/h3-9,12,21,26,30H,10-11,13H2,1-2H3/t21-/m1/s1. The summed E-state index contributed by atoms with van der Waals surface area (Å²) in [5.41, 5.74) is 4.84. The molecule has 8 heteroatoms. The van der Waals surface area contributed by atoms with Crippen LogP contribution < -0.4 is 4.74 Å². The lowest BCUT2D eigenvalue weighted by Crippen LogP contribution is -2.34. The minimum absolute atomic E-state index is 0.0842. The van der Waals surface area contributed by atoms with Crippen LogP contribution in [0.1, 0.15) is 33.6 Å². The Morgan fingerprint density at radius 1 is 1.19 bits per heavy atom. The maximum atomic E-state index is 11.1. The second-order valence-corrected chi connectivity index (χ2v) is 9.18. The van der Waals surface area contributed by atoms with Crippen LogP contribution in [0.15, 0.2) is 48.5 Å². The van der Waals surface area contributed by atoms with Crippen molar-refractivity contribution < 1.29 is 9.84 Å². The van der Waals surface area contributed by atoms with Gasteiger partial charge >= 0.3 is 0 Å².